The standard InChI is InChI=1S/C13H21ClN2O2S.ClH/c1-3-4-5-12(9-15)16-19(17,18)13-8-11(14)7-6-10(13)2;/h6-8,12,16H,3-5,9,15H2,1-2H3;1H. The molecule has 0 radical (unpaired) electrons. The van der Waals surface area contributed by atoms with Gasteiger partial charge in [0, 0.05) is 17.6 Å². The van der Waals surface area contributed by atoms with Crippen LogP contribution in [-0.4, -0.2) is 21.0 Å². The third-order valence-electron chi connectivity index (χ3n) is 2.95. The summed E-state index contributed by atoms with van der Waals surface area (Å²) in [5.41, 5.74) is 6.28. The number of sulfonamides is 1. The van der Waals surface area contributed by atoms with Gasteiger partial charge in [0.2, 0.25) is 10.0 Å². The Morgan fingerprint density at radius 3 is 2.60 bits per heavy atom. The molecular weight excluding hydrogens is 319 g/mol. The molecule has 7 heteroatoms. The summed E-state index contributed by atoms with van der Waals surface area (Å²) in [4.78, 5) is 0.218. The molecule has 4 nitrogen and oxygen atoms in total. The minimum Gasteiger partial charge on any atom is -0.329 e. The molecule has 20 heavy (non-hydrogen) atoms. The van der Waals surface area contributed by atoms with Crippen LogP contribution in [0.1, 0.15) is 31.7 Å². The van der Waals surface area contributed by atoms with Gasteiger partial charge in [0.15, 0.2) is 0 Å². The highest BCUT2D eigenvalue weighted by Crippen LogP contribution is 2.20. The van der Waals surface area contributed by atoms with Gasteiger partial charge in [-0.15, -0.1) is 12.4 Å². The minimum atomic E-state index is -3.57. The normalized spacial score (nSPS) is 12.8. The molecule has 0 heterocycles. The Morgan fingerprint density at radius 1 is 1.40 bits per heavy atom. The highest BCUT2D eigenvalue weighted by atomic mass is 35.5. The number of nitrogens with two attached hydrogens (primary N) is 1. The Hall–Kier alpha value is -0.330. The first kappa shape index (κ1) is 19.7. The van der Waals surface area contributed by atoms with E-state index in [0.29, 0.717) is 17.1 Å². The van der Waals surface area contributed by atoms with Gasteiger partial charge in [-0.05, 0) is 31.0 Å². The number of hydrogen-bond donors (Lipinski definition) is 2. The maximum absolute atomic E-state index is 12.3. The lowest BCUT2D eigenvalue weighted by atomic mass is 10.1. The summed E-state index contributed by atoms with van der Waals surface area (Å²) < 4.78 is 27.3. The monoisotopic (exact) mass is 340 g/mol. The zero-order chi connectivity index (χ0) is 14.5. The number of unbranched alkanes of at least 4 members (excludes halogenated alkanes) is 1. The second kappa shape index (κ2) is 8.85. The van der Waals surface area contributed by atoms with Gasteiger partial charge < -0.3 is 5.73 Å². The van der Waals surface area contributed by atoms with Crippen LogP contribution in [0.4, 0.5) is 0 Å². The highest BCUT2D eigenvalue weighted by Gasteiger charge is 2.21. The van der Waals surface area contributed by atoms with Gasteiger partial charge in [-0.1, -0.05) is 37.4 Å². The molecule has 0 aliphatic rings. The fourth-order valence-electron chi connectivity index (χ4n) is 1.82. The molecular formula is C13H22Cl2N2O2S. The Labute approximate surface area is 132 Å². The van der Waals surface area contributed by atoms with Crippen LogP contribution in [0.25, 0.3) is 0 Å². The zero-order valence-corrected chi connectivity index (χ0v) is 14.1. The van der Waals surface area contributed by atoms with E-state index < -0.39 is 10.0 Å². The second-order valence-electron chi connectivity index (χ2n) is 4.61. The Bertz CT molecular complexity index is 521. The third-order valence-corrected chi connectivity index (χ3v) is 4.85. The first-order valence-corrected chi connectivity index (χ1v) is 8.25. The smallest absolute Gasteiger partial charge is 0.241 e. The summed E-state index contributed by atoms with van der Waals surface area (Å²) in [7, 11) is -3.57. The van der Waals surface area contributed by atoms with Crippen molar-refractivity contribution in [2.24, 2.45) is 5.73 Å². The van der Waals surface area contributed by atoms with Crippen LogP contribution in [0.2, 0.25) is 5.02 Å². The summed E-state index contributed by atoms with van der Waals surface area (Å²) in [6.07, 6.45) is 2.69. The van der Waals surface area contributed by atoms with Crippen LogP contribution in [0, 0.1) is 6.92 Å². The van der Waals surface area contributed by atoms with E-state index in [1.165, 1.54) is 6.07 Å². The third kappa shape index (κ3) is 5.58. The van der Waals surface area contributed by atoms with Crippen molar-refractivity contribution in [1.29, 1.82) is 0 Å². The van der Waals surface area contributed by atoms with Gasteiger partial charge in [-0.25, -0.2) is 13.1 Å². The number of halogens is 2. The molecule has 1 aromatic rings. The van der Waals surface area contributed by atoms with Crippen molar-refractivity contribution in [3.05, 3.63) is 28.8 Å². The fraction of sp³-hybridized carbons (Fsp3) is 0.538. The summed E-state index contributed by atoms with van der Waals surface area (Å²) in [6.45, 7) is 4.09. The number of hydrogen-bond acceptors (Lipinski definition) is 3. The Balaban J connectivity index is 0.00000361. The van der Waals surface area contributed by atoms with Gasteiger partial charge in [-0.2, -0.15) is 0 Å². The molecule has 116 valence electrons. The number of aryl methyl sites for hydroxylation is 1. The second-order valence-corrected chi connectivity index (χ2v) is 6.72. The van der Waals surface area contributed by atoms with E-state index in [4.69, 9.17) is 17.3 Å². The van der Waals surface area contributed by atoms with E-state index in [1.54, 1.807) is 19.1 Å². The van der Waals surface area contributed by atoms with Crippen LogP contribution in [-0.2, 0) is 10.0 Å². The van der Waals surface area contributed by atoms with Gasteiger partial charge in [0.25, 0.3) is 0 Å². The van der Waals surface area contributed by atoms with E-state index in [9.17, 15) is 8.42 Å². The summed E-state index contributed by atoms with van der Waals surface area (Å²) in [6, 6.07) is 4.60. The lowest BCUT2D eigenvalue weighted by Gasteiger charge is -2.17. The molecule has 0 aromatic heterocycles. The summed E-state index contributed by atoms with van der Waals surface area (Å²) in [5, 5.41) is 0.406. The molecule has 0 bridgehead atoms. The van der Waals surface area contributed by atoms with Crippen molar-refractivity contribution in [3.63, 3.8) is 0 Å². The molecule has 0 saturated heterocycles. The minimum absolute atomic E-state index is 0. The average molecular weight is 341 g/mol. The van der Waals surface area contributed by atoms with Gasteiger partial charge >= 0.3 is 0 Å². The van der Waals surface area contributed by atoms with Crippen LogP contribution in [0.15, 0.2) is 23.1 Å². The first-order valence-electron chi connectivity index (χ1n) is 6.39. The lowest BCUT2D eigenvalue weighted by molar-refractivity contribution is 0.516. The molecule has 1 unspecified atom stereocenters. The predicted molar refractivity (Wildman–Crippen MR) is 86.1 cm³/mol. The fourth-order valence-corrected chi connectivity index (χ4v) is 3.61. The highest BCUT2D eigenvalue weighted by molar-refractivity contribution is 7.89. The topological polar surface area (TPSA) is 72.2 Å². The molecule has 3 N–H and O–H groups in total. The largest absolute Gasteiger partial charge is 0.329 e. The number of benzene rings is 1. The van der Waals surface area contributed by atoms with E-state index in [2.05, 4.69) is 11.6 Å². The summed E-state index contributed by atoms with van der Waals surface area (Å²) >= 11 is 5.86. The van der Waals surface area contributed by atoms with E-state index >= 15 is 0 Å². The predicted octanol–water partition coefficient (Wildman–Crippen LogP) is 2.87. The molecule has 0 aliphatic heterocycles. The van der Waals surface area contributed by atoms with Crippen molar-refractivity contribution in [2.45, 2.75) is 44.0 Å². The van der Waals surface area contributed by atoms with Crippen LogP contribution in [0.5, 0.6) is 0 Å². The molecule has 0 amide bonds. The molecule has 0 aliphatic carbocycles. The SMILES string of the molecule is CCCCC(CN)NS(=O)(=O)c1cc(Cl)ccc1C.Cl. The average Bonchev–Trinajstić information content (AvgIpc) is 2.37. The lowest BCUT2D eigenvalue weighted by Crippen LogP contribution is -2.40. The zero-order valence-electron chi connectivity index (χ0n) is 11.7. The quantitative estimate of drug-likeness (QED) is 0.801. The van der Waals surface area contributed by atoms with Crippen LogP contribution >= 0.6 is 24.0 Å². The Kier molecular flexibility index (Phi) is 8.70. The van der Waals surface area contributed by atoms with Crippen molar-refractivity contribution in [2.75, 3.05) is 6.54 Å². The molecule has 1 atom stereocenters. The maximum Gasteiger partial charge on any atom is 0.241 e. The van der Waals surface area contributed by atoms with Crippen molar-refractivity contribution >= 4 is 34.0 Å². The molecule has 0 spiro atoms. The number of rotatable bonds is 7. The first-order chi connectivity index (χ1) is 8.90. The molecule has 0 fully saturated rings. The van der Waals surface area contributed by atoms with Gasteiger partial charge in [0.05, 0.1) is 4.90 Å². The van der Waals surface area contributed by atoms with Crippen molar-refractivity contribution in [3.8, 4) is 0 Å². The van der Waals surface area contributed by atoms with E-state index in [1.807, 2.05) is 0 Å². The maximum atomic E-state index is 12.3. The number of nitrogens with one attached hydrogen (secondary N) is 1. The van der Waals surface area contributed by atoms with E-state index in [-0.39, 0.29) is 23.3 Å². The molecule has 0 saturated carbocycles. The Morgan fingerprint density at radius 2 is 2.05 bits per heavy atom. The summed E-state index contributed by atoms with van der Waals surface area (Å²) in [5.74, 6) is 0. The van der Waals surface area contributed by atoms with Crippen molar-refractivity contribution in [1.82, 2.24) is 4.72 Å². The molecule has 1 aromatic carbocycles. The molecule has 1 rings (SSSR count). The van der Waals surface area contributed by atoms with E-state index in [0.717, 1.165) is 19.3 Å². The van der Waals surface area contributed by atoms with Crippen molar-refractivity contribution < 1.29 is 8.42 Å². The van der Waals surface area contributed by atoms with Gasteiger partial charge in [-0.3, -0.25) is 0 Å². The van der Waals surface area contributed by atoms with Crippen LogP contribution < -0.4 is 10.5 Å². The van der Waals surface area contributed by atoms with Crippen LogP contribution in [0.3, 0.4) is 0 Å². The van der Waals surface area contributed by atoms with Gasteiger partial charge in [0.1, 0.15) is 0 Å².